The van der Waals surface area contributed by atoms with Crippen molar-refractivity contribution in [2.24, 2.45) is 5.92 Å². The molecule has 0 aliphatic heterocycles. The van der Waals surface area contributed by atoms with E-state index < -0.39 is 5.97 Å². The summed E-state index contributed by atoms with van der Waals surface area (Å²) < 4.78 is 0. The van der Waals surface area contributed by atoms with Crippen molar-refractivity contribution in [3.63, 3.8) is 0 Å². The Morgan fingerprint density at radius 2 is 2.16 bits per heavy atom. The lowest BCUT2D eigenvalue weighted by Gasteiger charge is -2.17. The van der Waals surface area contributed by atoms with Crippen molar-refractivity contribution in [2.75, 3.05) is 11.9 Å². The maximum absolute atomic E-state index is 11.2. The molecule has 4 heteroatoms. The van der Waals surface area contributed by atoms with Gasteiger partial charge in [-0.1, -0.05) is 50.8 Å². The van der Waals surface area contributed by atoms with Crippen LogP contribution in [0.3, 0.4) is 0 Å². The zero-order chi connectivity index (χ0) is 14.3. The van der Waals surface area contributed by atoms with Gasteiger partial charge >= 0.3 is 5.97 Å². The van der Waals surface area contributed by atoms with Crippen LogP contribution in [0.25, 0.3) is 0 Å². The number of hydrogen-bond acceptors (Lipinski definition) is 2. The van der Waals surface area contributed by atoms with Gasteiger partial charge in [-0.3, -0.25) is 0 Å². The van der Waals surface area contributed by atoms with Crippen LogP contribution in [0.1, 0.15) is 49.9 Å². The molecule has 19 heavy (non-hydrogen) atoms. The molecule has 0 aliphatic rings. The zero-order valence-electron chi connectivity index (χ0n) is 11.6. The highest BCUT2D eigenvalue weighted by atomic mass is 35.5. The number of rotatable bonds is 8. The van der Waals surface area contributed by atoms with Crippen LogP contribution < -0.4 is 5.32 Å². The molecule has 1 aromatic rings. The minimum absolute atomic E-state index is 0.162. The van der Waals surface area contributed by atoms with Crippen molar-refractivity contribution in [2.45, 2.75) is 39.5 Å². The lowest BCUT2D eigenvalue weighted by molar-refractivity contribution is 0.0698. The molecule has 0 amide bonds. The molecule has 1 rings (SSSR count). The minimum atomic E-state index is -0.991. The van der Waals surface area contributed by atoms with E-state index in [1.54, 1.807) is 18.2 Å². The highest BCUT2D eigenvalue weighted by molar-refractivity contribution is 6.34. The molecule has 1 atom stereocenters. The monoisotopic (exact) mass is 283 g/mol. The Hall–Kier alpha value is -1.22. The molecule has 0 aromatic heterocycles. The van der Waals surface area contributed by atoms with E-state index in [1.807, 2.05) is 0 Å². The first kappa shape index (κ1) is 15.8. The number of anilines is 1. The highest BCUT2D eigenvalue weighted by Gasteiger charge is 2.15. The second-order valence-electron chi connectivity index (χ2n) is 4.76. The van der Waals surface area contributed by atoms with Gasteiger partial charge in [0, 0.05) is 6.54 Å². The molecule has 0 saturated heterocycles. The van der Waals surface area contributed by atoms with Gasteiger partial charge in [0.1, 0.15) is 5.56 Å². The molecule has 1 unspecified atom stereocenters. The number of unbranched alkanes of at least 4 members (excludes halogenated alkanes) is 1. The van der Waals surface area contributed by atoms with E-state index in [0.29, 0.717) is 11.6 Å². The second kappa shape index (κ2) is 8.05. The van der Waals surface area contributed by atoms with Crippen LogP contribution >= 0.6 is 11.6 Å². The van der Waals surface area contributed by atoms with Crippen molar-refractivity contribution in [3.8, 4) is 0 Å². The summed E-state index contributed by atoms with van der Waals surface area (Å²) in [7, 11) is 0. The minimum Gasteiger partial charge on any atom is -0.478 e. The van der Waals surface area contributed by atoms with Gasteiger partial charge in [0.25, 0.3) is 0 Å². The molecular formula is C15H22ClNO2. The zero-order valence-corrected chi connectivity index (χ0v) is 12.3. The maximum atomic E-state index is 11.2. The van der Waals surface area contributed by atoms with Gasteiger partial charge in [-0.2, -0.15) is 0 Å². The Balaban J connectivity index is 2.71. The standard InChI is InChI=1S/C15H22ClNO2/c1-3-5-7-11(4-2)10-17-13-9-6-8-12(16)14(13)15(18)19/h6,8-9,11,17H,3-5,7,10H2,1-2H3,(H,18,19). The van der Waals surface area contributed by atoms with Crippen molar-refractivity contribution >= 4 is 23.3 Å². The lowest BCUT2D eigenvalue weighted by Crippen LogP contribution is -2.15. The van der Waals surface area contributed by atoms with E-state index >= 15 is 0 Å². The summed E-state index contributed by atoms with van der Waals surface area (Å²) in [5.74, 6) is -0.421. The third kappa shape index (κ3) is 4.75. The maximum Gasteiger partial charge on any atom is 0.339 e. The quantitative estimate of drug-likeness (QED) is 0.729. The molecule has 0 heterocycles. The SMILES string of the molecule is CCCCC(CC)CNc1cccc(Cl)c1C(=O)O. The normalized spacial score (nSPS) is 12.2. The Bertz CT molecular complexity index is 421. The second-order valence-corrected chi connectivity index (χ2v) is 5.17. The summed E-state index contributed by atoms with van der Waals surface area (Å²) >= 11 is 5.94. The predicted molar refractivity (Wildman–Crippen MR) is 80.2 cm³/mol. The fourth-order valence-electron chi connectivity index (χ4n) is 2.09. The number of nitrogens with one attached hydrogen (secondary N) is 1. The average molecular weight is 284 g/mol. The molecule has 1 aromatic carbocycles. The number of hydrogen-bond donors (Lipinski definition) is 2. The molecule has 106 valence electrons. The molecule has 0 bridgehead atoms. The number of carbonyl (C=O) groups is 1. The summed E-state index contributed by atoms with van der Waals surface area (Å²) in [6, 6.07) is 5.14. The van der Waals surface area contributed by atoms with Gasteiger partial charge in [0.05, 0.1) is 10.7 Å². The fraction of sp³-hybridized carbons (Fsp3) is 0.533. The van der Waals surface area contributed by atoms with Crippen LogP contribution in [0.15, 0.2) is 18.2 Å². The molecule has 0 spiro atoms. The third-order valence-corrected chi connectivity index (χ3v) is 3.67. The van der Waals surface area contributed by atoms with Gasteiger partial charge < -0.3 is 10.4 Å². The van der Waals surface area contributed by atoms with E-state index in [2.05, 4.69) is 19.2 Å². The largest absolute Gasteiger partial charge is 0.478 e. The van der Waals surface area contributed by atoms with Crippen LogP contribution in [-0.2, 0) is 0 Å². The van der Waals surface area contributed by atoms with Gasteiger partial charge in [0.15, 0.2) is 0 Å². The molecule has 0 radical (unpaired) electrons. The molecule has 3 nitrogen and oxygen atoms in total. The fourth-order valence-corrected chi connectivity index (χ4v) is 2.34. The van der Waals surface area contributed by atoms with E-state index in [9.17, 15) is 9.90 Å². The lowest BCUT2D eigenvalue weighted by atomic mass is 9.99. The smallest absolute Gasteiger partial charge is 0.339 e. The molecular weight excluding hydrogens is 262 g/mol. The van der Waals surface area contributed by atoms with Crippen molar-refractivity contribution in [1.29, 1.82) is 0 Å². The van der Waals surface area contributed by atoms with Crippen LogP contribution in [0.5, 0.6) is 0 Å². The first-order valence-electron chi connectivity index (χ1n) is 6.85. The number of aromatic carboxylic acids is 1. The Morgan fingerprint density at radius 1 is 1.42 bits per heavy atom. The van der Waals surface area contributed by atoms with E-state index in [0.717, 1.165) is 13.0 Å². The average Bonchev–Trinajstić information content (AvgIpc) is 2.38. The predicted octanol–water partition coefficient (Wildman–Crippen LogP) is 4.67. The Kier molecular flexibility index (Phi) is 6.71. The molecule has 0 fully saturated rings. The number of halogens is 1. The Morgan fingerprint density at radius 3 is 2.74 bits per heavy atom. The first-order valence-corrected chi connectivity index (χ1v) is 7.23. The summed E-state index contributed by atoms with van der Waals surface area (Å²) in [5.41, 5.74) is 0.768. The summed E-state index contributed by atoms with van der Waals surface area (Å²) in [5, 5.41) is 12.7. The van der Waals surface area contributed by atoms with Crippen LogP contribution in [0.4, 0.5) is 5.69 Å². The van der Waals surface area contributed by atoms with Crippen LogP contribution in [-0.4, -0.2) is 17.6 Å². The van der Waals surface area contributed by atoms with Crippen molar-refractivity contribution < 1.29 is 9.90 Å². The van der Waals surface area contributed by atoms with Gasteiger partial charge in [-0.25, -0.2) is 4.79 Å². The number of carboxylic acid groups (broad SMARTS) is 1. The highest BCUT2D eigenvalue weighted by Crippen LogP contribution is 2.25. The van der Waals surface area contributed by atoms with Crippen LogP contribution in [0.2, 0.25) is 5.02 Å². The third-order valence-electron chi connectivity index (χ3n) is 3.35. The number of carboxylic acids is 1. The van der Waals surface area contributed by atoms with Crippen LogP contribution in [0, 0.1) is 5.92 Å². The van der Waals surface area contributed by atoms with Gasteiger partial charge in [-0.05, 0) is 24.5 Å². The van der Waals surface area contributed by atoms with E-state index in [1.165, 1.54) is 19.3 Å². The molecule has 0 aliphatic carbocycles. The molecule has 0 saturated carbocycles. The van der Waals surface area contributed by atoms with Gasteiger partial charge in [0.2, 0.25) is 0 Å². The summed E-state index contributed by atoms with van der Waals surface area (Å²) in [6.07, 6.45) is 4.66. The van der Waals surface area contributed by atoms with Gasteiger partial charge in [-0.15, -0.1) is 0 Å². The van der Waals surface area contributed by atoms with Crippen molar-refractivity contribution in [3.05, 3.63) is 28.8 Å². The topological polar surface area (TPSA) is 49.3 Å². The van der Waals surface area contributed by atoms with E-state index in [-0.39, 0.29) is 10.6 Å². The Labute approximate surface area is 120 Å². The molecule has 2 N–H and O–H groups in total. The van der Waals surface area contributed by atoms with Crippen molar-refractivity contribution in [1.82, 2.24) is 0 Å². The summed E-state index contributed by atoms with van der Waals surface area (Å²) in [4.78, 5) is 11.2. The first-order chi connectivity index (χ1) is 9.10. The van der Waals surface area contributed by atoms with E-state index in [4.69, 9.17) is 11.6 Å². The summed E-state index contributed by atoms with van der Waals surface area (Å²) in [6.45, 7) is 5.13. The number of benzene rings is 1.